The van der Waals surface area contributed by atoms with Crippen LogP contribution >= 0.6 is 0 Å². The first-order valence-corrected chi connectivity index (χ1v) is 14.6. The van der Waals surface area contributed by atoms with Crippen molar-refractivity contribution in [3.63, 3.8) is 0 Å². The van der Waals surface area contributed by atoms with E-state index < -0.39 is 21.4 Å². The van der Waals surface area contributed by atoms with Gasteiger partial charge in [0.25, 0.3) is 0 Å². The van der Waals surface area contributed by atoms with Gasteiger partial charge in [-0.15, -0.1) is 10.2 Å². The van der Waals surface area contributed by atoms with Crippen LogP contribution in [-0.2, 0) is 19.5 Å². The maximum atomic E-state index is 14.2. The number of ether oxygens (including phenoxy) is 4. The van der Waals surface area contributed by atoms with Crippen molar-refractivity contribution in [2.24, 2.45) is 0 Å². The van der Waals surface area contributed by atoms with Gasteiger partial charge < -0.3 is 18.9 Å². The van der Waals surface area contributed by atoms with Gasteiger partial charge in [0.1, 0.15) is 28.5 Å². The van der Waals surface area contributed by atoms with Gasteiger partial charge in [-0.3, -0.25) is 9.55 Å². The Morgan fingerprint density at radius 1 is 0.929 bits per heavy atom. The molecule has 0 aliphatic heterocycles. The molecule has 3 aromatic heterocycles. The molecule has 0 spiro atoms. The predicted octanol–water partition coefficient (Wildman–Crippen LogP) is 3.31. The molecule has 0 saturated heterocycles. The lowest BCUT2D eigenvalue weighted by molar-refractivity contribution is 0.0118. The Kier molecular flexibility index (Phi) is 9.70. The first kappa shape index (κ1) is 30.8. The van der Waals surface area contributed by atoms with Crippen LogP contribution in [0.4, 0.5) is 5.95 Å². The Bertz CT molecular complexity index is 1590. The molecule has 0 amide bonds. The largest absolute Gasteiger partial charge is 0.494 e. The highest BCUT2D eigenvalue weighted by molar-refractivity contribution is 7.93. The first-order chi connectivity index (χ1) is 20.1. The SMILES string of the molecule is COCCOC(c1ncc(C)cn1)C(C)S(=O)(=O)N(C)c1nnc(-c2cncc(C)c2)n1-c1c(OC)cccc1OC. The summed E-state index contributed by atoms with van der Waals surface area (Å²) in [4.78, 5) is 13.0. The standard InChI is InChI=1S/C28H35N7O6S/c1-18-13-21(17-29-14-18)27-32-33-28(35(27)24-22(39-6)9-8-10-23(24)40-7)34(4)42(36,37)20(3)25(41-12-11-38-5)26-30-15-19(2)16-31-26/h8-10,13-17,20,25H,11-12H2,1-7H3. The van der Waals surface area contributed by atoms with Crippen LogP contribution in [0.5, 0.6) is 11.5 Å². The van der Waals surface area contributed by atoms with Crippen LogP contribution in [-0.4, -0.2) is 85.0 Å². The van der Waals surface area contributed by atoms with Gasteiger partial charge in [0.15, 0.2) is 11.6 Å². The number of anilines is 1. The van der Waals surface area contributed by atoms with E-state index in [2.05, 4.69) is 25.1 Å². The molecule has 4 rings (SSSR count). The van der Waals surface area contributed by atoms with Crippen LogP contribution in [0.1, 0.15) is 30.0 Å². The van der Waals surface area contributed by atoms with Crippen molar-refractivity contribution in [3.8, 4) is 28.6 Å². The van der Waals surface area contributed by atoms with Gasteiger partial charge in [0.2, 0.25) is 16.0 Å². The summed E-state index contributed by atoms with van der Waals surface area (Å²) in [5, 5.41) is 7.62. The summed E-state index contributed by atoms with van der Waals surface area (Å²) < 4.78 is 53.6. The minimum atomic E-state index is -4.17. The summed E-state index contributed by atoms with van der Waals surface area (Å²) in [6.45, 7) is 5.69. The monoisotopic (exact) mass is 597 g/mol. The normalized spacial score (nSPS) is 13.0. The van der Waals surface area contributed by atoms with Crippen LogP contribution < -0.4 is 13.8 Å². The highest BCUT2D eigenvalue weighted by Crippen LogP contribution is 2.39. The van der Waals surface area contributed by atoms with Gasteiger partial charge >= 0.3 is 0 Å². The molecule has 3 heterocycles. The second-order valence-electron chi connectivity index (χ2n) is 9.54. The number of hydrogen-bond donors (Lipinski definition) is 0. The Hall–Kier alpha value is -4.14. The molecule has 0 aliphatic rings. The third kappa shape index (κ3) is 6.20. The molecule has 14 heteroatoms. The molecule has 0 radical (unpaired) electrons. The Morgan fingerprint density at radius 2 is 1.60 bits per heavy atom. The predicted molar refractivity (Wildman–Crippen MR) is 157 cm³/mol. The van der Waals surface area contributed by atoms with Crippen LogP contribution in [0.25, 0.3) is 17.1 Å². The number of nitrogens with zero attached hydrogens (tertiary/aromatic N) is 7. The molecule has 2 unspecified atom stereocenters. The van der Waals surface area contributed by atoms with Crippen LogP contribution in [0, 0.1) is 13.8 Å². The van der Waals surface area contributed by atoms with Crippen molar-refractivity contribution in [3.05, 3.63) is 66.0 Å². The smallest absolute Gasteiger partial charge is 0.245 e. The molecule has 0 N–H and O–H groups in total. The minimum Gasteiger partial charge on any atom is -0.494 e. The fourth-order valence-corrected chi connectivity index (χ4v) is 5.71. The van der Waals surface area contributed by atoms with E-state index in [1.807, 2.05) is 19.9 Å². The summed E-state index contributed by atoms with van der Waals surface area (Å²) in [7, 11) is 1.81. The van der Waals surface area contributed by atoms with Crippen LogP contribution in [0.3, 0.4) is 0 Å². The summed E-state index contributed by atoms with van der Waals surface area (Å²) in [6.07, 6.45) is 5.58. The second-order valence-corrected chi connectivity index (χ2v) is 11.9. The number of rotatable bonds is 13. The Balaban J connectivity index is 1.87. The van der Waals surface area contributed by atoms with E-state index in [-0.39, 0.29) is 25.0 Å². The van der Waals surface area contributed by atoms with Gasteiger partial charge in [-0.25, -0.2) is 22.7 Å². The first-order valence-electron chi connectivity index (χ1n) is 13.1. The fourth-order valence-electron chi connectivity index (χ4n) is 4.35. The summed E-state index contributed by atoms with van der Waals surface area (Å²) in [5.41, 5.74) is 2.76. The zero-order valence-corrected chi connectivity index (χ0v) is 25.5. The lowest BCUT2D eigenvalue weighted by Gasteiger charge is -2.28. The molecule has 0 bridgehead atoms. The van der Waals surface area contributed by atoms with Crippen molar-refractivity contribution in [1.82, 2.24) is 29.7 Å². The third-order valence-electron chi connectivity index (χ3n) is 6.60. The number of para-hydroxylation sites is 1. The molecular formula is C28H35N7O6S. The summed E-state index contributed by atoms with van der Waals surface area (Å²) in [6, 6.07) is 7.13. The quantitative estimate of drug-likeness (QED) is 0.209. The number of aromatic nitrogens is 6. The topological polar surface area (TPSA) is 144 Å². The van der Waals surface area contributed by atoms with E-state index in [0.29, 0.717) is 28.6 Å². The number of pyridine rings is 1. The number of methoxy groups -OCH3 is 3. The van der Waals surface area contributed by atoms with Crippen molar-refractivity contribution < 1.29 is 27.4 Å². The molecule has 0 saturated carbocycles. The lowest BCUT2D eigenvalue weighted by Crippen LogP contribution is -2.40. The molecule has 4 aromatic rings. The van der Waals surface area contributed by atoms with Crippen molar-refractivity contribution >= 4 is 16.0 Å². The zero-order valence-electron chi connectivity index (χ0n) is 24.7. The average molecular weight is 598 g/mol. The number of hydrogen-bond acceptors (Lipinski definition) is 11. The minimum absolute atomic E-state index is 0.00150. The Morgan fingerprint density at radius 3 is 2.19 bits per heavy atom. The number of aryl methyl sites for hydroxylation is 2. The van der Waals surface area contributed by atoms with Crippen LogP contribution in [0.15, 0.2) is 49.1 Å². The van der Waals surface area contributed by atoms with Gasteiger partial charge in [0.05, 0.1) is 27.4 Å². The molecule has 42 heavy (non-hydrogen) atoms. The average Bonchev–Trinajstić information content (AvgIpc) is 3.43. The highest BCUT2D eigenvalue weighted by Gasteiger charge is 2.39. The Labute approximate surface area is 245 Å². The van der Waals surface area contributed by atoms with E-state index in [4.69, 9.17) is 18.9 Å². The lowest BCUT2D eigenvalue weighted by atomic mass is 10.2. The van der Waals surface area contributed by atoms with Crippen LogP contribution in [0.2, 0.25) is 0 Å². The molecule has 1 aromatic carbocycles. The zero-order chi connectivity index (χ0) is 30.4. The van der Waals surface area contributed by atoms with Gasteiger partial charge in [0, 0.05) is 44.5 Å². The molecule has 13 nitrogen and oxygen atoms in total. The van der Waals surface area contributed by atoms with Crippen molar-refractivity contribution in [2.45, 2.75) is 32.1 Å². The summed E-state index contributed by atoms with van der Waals surface area (Å²) >= 11 is 0. The fraction of sp³-hybridized carbons (Fsp3) is 0.393. The molecule has 224 valence electrons. The number of sulfonamides is 1. The van der Waals surface area contributed by atoms with E-state index >= 15 is 0 Å². The second kappa shape index (κ2) is 13.2. The highest BCUT2D eigenvalue weighted by atomic mass is 32.2. The molecule has 0 fully saturated rings. The van der Waals surface area contributed by atoms with E-state index in [1.54, 1.807) is 54.5 Å². The van der Waals surface area contributed by atoms with E-state index in [9.17, 15) is 8.42 Å². The third-order valence-corrected chi connectivity index (χ3v) is 8.72. The van der Waals surface area contributed by atoms with E-state index in [1.165, 1.54) is 28.4 Å². The maximum absolute atomic E-state index is 14.2. The van der Waals surface area contributed by atoms with Crippen molar-refractivity contribution in [2.75, 3.05) is 45.9 Å². The van der Waals surface area contributed by atoms with Gasteiger partial charge in [-0.05, 0) is 50.1 Å². The maximum Gasteiger partial charge on any atom is 0.245 e. The molecule has 2 atom stereocenters. The van der Waals surface area contributed by atoms with Gasteiger partial charge in [-0.2, -0.15) is 0 Å². The molecule has 0 aliphatic carbocycles. The summed E-state index contributed by atoms with van der Waals surface area (Å²) in [5.74, 6) is 1.42. The molecular weight excluding hydrogens is 562 g/mol. The van der Waals surface area contributed by atoms with E-state index in [0.717, 1.165) is 15.4 Å². The number of benzene rings is 1. The van der Waals surface area contributed by atoms with Gasteiger partial charge in [-0.1, -0.05) is 6.07 Å². The van der Waals surface area contributed by atoms with Crippen molar-refractivity contribution in [1.29, 1.82) is 0 Å².